The summed E-state index contributed by atoms with van der Waals surface area (Å²) in [7, 11) is 0. The van der Waals surface area contributed by atoms with Gasteiger partial charge in [-0.3, -0.25) is 14.4 Å². The number of hydrogen-bond acceptors (Lipinski definition) is 6. The van der Waals surface area contributed by atoms with Crippen molar-refractivity contribution in [1.29, 1.82) is 0 Å². The van der Waals surface area contributed by atoms with E-state index in [9.17, 15) is 14.4 Å². The SMILES string of the molecule is CC(=O)c1csc(CNC(=O)[C@H]2[C@H](C(=O)NCC3CCNCC3)[C@H]3C=C[C@@H]2C32CC2)n1. The van der Waals surface area contributed by atoms with E-state index in [2.05, 4.69) is 33.1 Å². The van der Waals surface area contributed by atoms with Gasteiger partial charge >= 0.3 is 0 Å². The minimum absolute atomic E-state index is 0.0370. The summed E-state index contributed by atoms with van der Waals surface area (Å²) in [5.74, 6) is 0.123. The molecule has 31 heavy (non-hydrogen) atoms. The van der Waals surface area contributed by atoms with Crippen molar-refractivity contribution in [3.8, 4) is 0 Å². The zero-order chi connectivity index (χ0) is 21.6. The van der Waals surface area contributed by atoms with Gasteiger partial charge in [0.05, 0.1) is 18.4 Å². The largest absolute Gasteiger partial charge is 0.356 e. The lowest BCUT2D eigenvalue weighted by atomic mass is 9.81. The third-order valence-corrected chi connectivity index (χ3v) is 8.65. The summed E-state index contributed by atoms with van der Waals surface area (Å²) in [6.07, 6.45) is 8.74. The van der Waals surface area contributed by atoms with Gasteiger partial charge in [-0.25, -0.2) is 4.98 Å². The Bertz CT molecular complexity index is 916. The Hall–Kier alpha value is -2.06. The summed E-state index contributed by atoms with van der Waals surface area (Å²) in [4.78, 5) is 42.3. The summed E-state index contributed by atoms with van der Waals surface area (Å²) >= 11 is 1.38. The van der Waals surface area contributed by atoms with E-state index in [1.54, 1.807) is 5.38 Å². The van der Waals surface area contributed by atoms with E-state index in [-0.39, 0.29) is 46.7 Å². The summed E-state index contributed by atoms with van der Waals surface area (Å²) in [6, 6.07) is 0. The van der Waals surface area contributed by atoms with Crippen LogP contribution in [0.25, 0.3) is 0 Å². The second-order valence-corrected chi connectivity index (χ2v) is 10.5. The molecule has 1 aromatic heterocycles. The molecule has 3 fully saturated rings. The molecule has 1 aliphatic heterocycles. The first-order valence-electron chi connectivity index (χ1n) is 11.4. The molecule has 166 valence electrons. The smallest absolute Gasteiger partial charge is 0.224 e. The van der Waals surface area contributed by atoms with Gasteiger partial charge in [0.25, 0.3) is 0 Å². The lowest BCUT2D eigenvalue weighted by Crippen LogP contribution is -2.45. The number of Topliss-reactive ketones (excluding diaryl/α,β-unsaturated/α-hetero) is 1. The van der Waals surface area contributed by atoms with Crippen LogP contribution in [0.5, 0.6) is 0 Å². The van der Waals surface area contributed by atoms with Crippen molar-refractivity contribution >= 4 is 28.9 Å². The molecular weight excluding hydrogens is 412 g/mol. The number of nitrogens with zero attached hydrogens (tertiary/aromatic N) is 1. The molecule has 1 saturated heterocycles. The molecule has 2 bridgehead atoms. The highest BCUT2D eigenvalue weighted by Gasteiger charge is 2.69. The number of ketones is 1. The number of nitrogens with one attached hydrogen (secondary N) is 3. The molecule has 2 saturated carbocycles. The highest BCUT2D eigenvalue weighted by Crippen LogP contribution is 2.72. The number of carbonyl (C=O) groups excluding carboxylic acids is 3. The van der Waals surface area contributed by atoms with Gasteiger partial charge < -0.3 is 16.0 Å². The molecule has 1 aromatic rings. The second kappa shape index (κ2) is 8.13. The van der Waals surface area contributed by atoms with E-state index in [0.29, 0.717) is 29.7 Å². The highest BCUT2D eigenvalue weighted by molar-refractivity contribution is 7.09. The zero-order valence-corrected chi connectivity index (χ0v) is 18.7. The van der Waals surface area contributed by atoms with E-state index in [0.717, 1.165) is 38.8 Å². The molecule has 4 aliphatic rings. The molecule has 4 atom stereocenters. The maximum atomic E-state index is 13.3. The van der Waals surface area contributed by atoms with Gasteiger partial charge in [0.2, 0.25) is 11.8 Å². The van der Waals surface area contributed by atoms with Gasteiger partial charge in [0.15, 0.2) is 5.78 Å². The van der Waals surface area contributed by atoms with Crippen LogP contribution < -0.4 is 16.0 Å². The van der Waals surface area contributed by atoms with Crippen LogP contribution in [-0.2, 0) is 16.1 Å². The summed E-state index contributed by atoms with van der Waals surface area (Å²) in [5, 5.41) is 12.0. The lowest BCUT2D eigenvalue weighted by Gasteiger charge is -2.28. The third-order valence-electron chi connectivity index (χ3n) is 7.80. The van der Waals surface area contributed by atoms with Gasteiger partial charge in [-0.05, 0) is 61.9 Å². The minimum Gasteiger partial charge on any atom is -0.356 e. The molecule has 7 nitrogen and oxygen atoms in total. The van der Waals surface area contributed by atoms with E-state index in [1.165, 1.54) is 18.3 Å². The van der Waals surface area contributed by atoms with E-state index >= 15 is 0 Å². The van der Waals surface area contributed by atoms with Gasteiger partial charge in [-0.2, -0.15) is 0 Å². The molecule has 8 heteroatoms. The standard InChI is InChI=1S/C23H30N4O3S/c1-13(28)17-12-31-18(27-17)11-26-22(30)20-16-3-2-15(23(16)6-7-23)19(20)21(29)25-10-14-4-8-24-9-5-14/h2-3,12,14-16,19-20,24H,4-11H2,1H3,(H,25,29)(H,26,30)/t15-,16+,19-,20-/m1/s1. The molecule has 1 spiro atoms. The summed E-state index contributed by atoms with van der Waals surface area (Å²) in [5.41, 5.74) is 0.561. The number of carbonyl (C=O) groups is 3. The van der Waals surface area contributed by atoms with Crippen LogP contribution in [0.3, 0.4) is 0 Å². The van der Waals surface area contributed by atoms with Crippen molar-refractivity contribution in [1.82, 2.24) is 20.9 Å². The van der Waals surface area contributed by atoms with Gasteiger partial charge in [0, 0.05) is 18.8 Å². The molecule has 5 rings (SSSR count). The van der Waals surface area contributed by atoms with E-state index in [1.807, 2.05) is 0 Å². The number of rotatable bonds is 7. The number of allylic oxidation sites excluding steroid dienone is 2. The number of amides is 2. The molecule has 0 aromatic carbocycles. The number of thiazole rings is 1. The average Bonchev–Trinajstić information content (AvgIpc) is 3.18. The molecule has 0 radical (unpaired) electrons. The van der Waals surface area contributed by atoms with Gasteiger partial charge in [0.1, 0.15) is 10.7 Å². The zero-order valence-electron chi connectivity index (χ0n) is 17.9. The minimum atomic E-state index is -0.322. The number of hydrogen-bond donors (Lipinski definition) is 3. The van der Waals surface area contributed by atoms with Gasteiger partial charge in [-0.1, -0.05) is 12.2 Å². The van der Waals surface area contributed by atoms with Crippen LogP contribution in [-0.4, -0.2) is 42.2 Å². The fraction of sp³-hybridized carbons (Fsp3) is 0.652. The average molecular weight is 443 g/mol. The van der Waals surface area contributed by atoms with Crippen LogP contribution in [0.2, 0.25) is 0 Å². The summed E-state index contributed by atoms with van der Waals surface area (Å²) in [6.45, 7) is 4.50. The van der Waals surface area contributed by atoms with Gasteiger partial charge in [-0.15, -0.1) is 11.3 Å². The predicted octanol–water partition coefficient (Wildman–Crippen LogP) is 1.91. The molecule has 2 amide bonds. The maximum absolute atomic E-state index is 13.3. The third kappa shape index (κ3) is 3.74. The normalized spacial score (nSPS) is 30.5. The van der Waals surface area contributed by atoms with Crippen molar-refractivity contribution in [3.05, 3.63) is 28.2 Å². The molecular formula is C23H30N4O3S. The van der Waals surface area contributed by atoms with Crippen molar-refractivity contribution < 1.29 is 14.4 Å². The van der Waals surface area contributed by atoms with Crippen molar-refractivity contribution in [2.75, 3.05) is 19.6 Å². The Kier molecular flexibility index (Phi) is 5.46. The van der Waals surface area contributed by atoms with Crippen molar-refractivity contribution in [3.63, 3.8) is 0 Å². The topological polar surface area (TPSA) is 100 Å². The first kappa shape index (κ1) is 20.8. The van der Waals surface area contributed by atoms with E-state index < -0.39 is 0 Å². The quantitative estimate of drug-likeness (QED) is 0.442. The van der Waals surface area contributed by atoms with Crippen LogP contribution in [0.1, 0.15) is 48.1 Å². The Morgan fingerprint density at radius 1 is 1.10 bits per heavy atom. The van der Waals surface area contributed by atoms with E-state index in [4.69, 9.17) is 0 Å². The first-order chi connectivity index (χ1) is 15.0. The first-order valence-corrected chi connectivity index (χ1v) is 12.3. The fourth-order valence-corrected chi connectivity index (χ4v) is 6.77. The highest BCUT2D eigenvalue weighted by atomic mass is 32.1. The molecule has 3 N–H and O–H groups in total. The Labute approximate surface area is 186 Å². The predicted molar refractivity (Wildman–Crippen MR) is 117 cm³/mol. The maximum Gasteiger partial charge on any atom is 0.224 e. The Morgan fingerprint density at radius 2 is 1.74 bits per heavy atom. The number of aromatic nitrogens is 1. The van der Waals surface area contributed by atoms with Crippen LogP contribution in [0.4, 0.5) is 0 Å². The monoisotopic (exact) mass is 442 g/mol. The van der Waals surface area contributed by atoms with Crippen molar-refractivity contribution in [2.24, 2.45) is 35.0 Å². The molecule has 3 aliphatic carbocycles. The fourth-order valence-electron chi connectivity index (χ4n) is 5.99. The summed E-state index contributed by atoms with van der Waals surface area (Å²) < 4.78 is 0. The number of piperidine rings is 1. The van der Waals surface area contributed by atoms with Crippen LogP contribution >= 0.6 is 11.3 Å². The Balaban J connectivity index is 1.26. The van der Waals surface area contributed by atoms with Crippen molar-refractivity contribution in [2.45, 2.75) is 39.2 Å². The Morgan fingerprint density at radius 3 is 2.32 bits per heavy atom. The molecule has 0 unspecified atom stereocenters. The lowest BCUT2D eigenvalue weighted by molar-refractivity contribution is -0.135. The van der Waals surface area contributed by atoms with Crippen LogP contribution in [0.15, 0.2) is 17.5 Å². The second-order valence-electron chi connectivity index (χ2n) is 9.56. The molecule has 2 heterocycles. The van der Waals surface area contributed by atoms with Crippen LogP contribution in [0, 0.1) is 35.0 Å².